The Bertz CT molecular complexity index is 913. The molecule has 2 aromatic carbocycles. The Morgan fingerprint density at radius 2 is 1.90 bits per heavy atom. The van der Waals surface area contributed by atoms with Gasteiger partial charge in [-0.2, -0.15) is 0 Å². The Labute approximate surface area is 196 Å². The molecule has 2 amide bonds. The van der Waals surface area contributed by atoms with Crippen molar-refractivity contribution in [2.75, 3.05) is 20.1 Å². The van der Waals surface area contributed by atoms with Crippen molar-refractivity contribution in [3.05, 3.63) is 69.2 Å². The van der Waals surface area contributed by atoms with Gasteiger partial charge in [0.2, 0.25) is 0 Å². The van der Waals surface area contributed by atoms with Crippen LogP contribution in [-0.4, -0.2) is 42.0 Å². The van der Waals surface area contributed by atoms with E-state index in [1.807, 2.05) is 61.2 Å². The second-order valence-corrected chi connectivity index (χ2v) is 10.3. The van der Waals surface area contributed by atoms with Crippen LogP contribution in [0.2, 0.25) is 10.0 Å². The summed E-state index contributed by atoms with van der Waals surface area (Å²) in [4.78, 5) is 18.0. The van der Waals surface area contributed by atoms with Gasteiger partial charge in [0.1, 0.15) is 0 Å². The van der Waals surface area contributed by atoms with Gasteiger partial charge in [0.05, 0.1) is 6.04 Å². The summed E-state index contributed by atoms with van der Waals surface area (Å²) in [7, 11) is 2.14. The lowest BCUT2D eigenvalue weighted by Gasteiger charge is -2.48. The van der Waals surface area contributed by atoms with Crippen LogP contribution in [0.5, 0.6) is 0 Å². The summed E-state index contributed by atoms with van der Waals surface area (Å²) < 4.78 is 0. The first-order valence-corrected chi connectivity index (χ1v) is 11.6. The first-order chi connectivity index (χ1) is 14.6. The van der Waals surface area contributed by atoms with Gasteiger partial charge in [-0.1, -0.05) is 61.3 Å². The molecule has 2 unspecified atom stereocenters. The van der Waals surface area contributed by atoms with E-state index in [2.05, 4.69) is 31.1 Å². The molecule has 6 heteroatoms. The summed E-state index contributed by atoms with van der Waals surface area (Å²) in [5.74, 6) is 0. The van der Waals surface area contributed by atoms with Crippen molar-refractivity contribution in [1.82, 2.24) is 15.1 Å². The molecule has 31 heavy (non-hydrogen) atoms. The molecular weight excluding hydrogens is 429 g/mol. The fourth-order valence-electron chi connectivity index (χ4n) is 4.74. The van der Waals surface area contributed by atoms with E-state index >= 15 is 0 Å². The standard InChI is InChI=1S/C25H33Cl2N3O/c1-17-21(7-6-8-22(17)27)18(2)28-24(31)30(15-19-9-11-20(26)12-10-19)23-13-14-29(5)16-25(23,3)4/h6-12,18,23H,13-16H2,1-5H3,(H,28,31). The number of likely N-dealkylation sites (tertiary alicyclic amines) is 1. The minimum absolute atomic E-state index is 0.0218. The molecule has 3 rings (SSSR count). The highest BCUT2D eigenvalue weighted by Crippen LogP contribution is 2.34. The predicted octanol–water partition coefficient (Wildman–Crippen LogP) is 6.30. The number of benzene rings is 2. The summed E-state index contributed by atoms with van der Waals surface area (Å²) >= 11 is 12.4. The van der Waals surface area contributed by atoms with Crippen LogP contribution < -0.4 is 5.32 Å². The van der Waals surface area contributed by atoms with Crippen LogP contribution in [0.15, 0.2) is 42.5 Å². The lowest BCUT2D eigenvalue weighted by atomic mass is 9.78. The third-order valence-electron chi connectivity index (χ3n) is 6.38. The molecule has 168 valence electrons. The Morgan fingerprint density at radius 1 is 1.23 bits per heavy atom. The Morgan fingerprint density at radius 3 is 2.55 bits per heavy atom. The molecule has 1 saturated heterocycles. The molecule has 0 bridgehead atoms. The van der Waals surface area contributed by atoms with Gasteiger partial charge in [0, 0.05) is 29.2 Å². The van der Waals surface area contributed by atoms with E-state index in [9.17, 15) is 4.79 Å². The third-order valence-corrected chi connectivity index (χ3v) is 7.04. The number of piperidine rings is 1. The average molecular weight is 462 g/mol. The molecular formula is C25H33Cl2N3O. The van der Waals surface area contributed by atoms with Gasteiger partial charge in [-0.25, -0.2) is 4.79 Å². The zero-order valence-electron chi connectivity index (χ0n) is 19.1. The largest absolute Gasteiger partial charge is 0.331 e. The van der Waals surface area contributed by atoms with Crippen molar-refractivity contribution in [3.8, 4) is 0 Å². The van der Waals surface area contributed by atoms with E-state index < -0.39 is 0 Å². The quantitative estimate of drug-likeness (QED) is 0.566. The molecule has 1 aliphatic heterocycles. The lowest BCUT2D eigenvalue weighted by molar-refractivity contribution is 0.0300. The predicted molar refractivity (Wildman–Crippen MR) is 130 cm³/mol. The minimum atomic E-state index is -0.145. The minimum Gasteiger partial charge on any atom is -0.331 e. The number of halogens is 2. The number of nitrogens with zero attached hydrogens (tertiary/aromatic N) is 2. The third kappa shape index (κ3) is 5.74. The second kappa shape index (κ2) is 9.81. The number of hydrogen-bond donors (Lipinski definition) is 1. The maximum Gasteiger partial charge on any atom is 0.318 e. The van der Waals surface area contributed by atoms with Crippen LogP contribution in [0, 0.1) is 12.3 Å². The molecule has 1 N–H and O–H groups in total. The summed E-state index contributed by atoms with van der Waals surface area (Å²) in [6.07, 6.45) is 0.940. The van der Waals surface area contributed by atoms with E-state index in [1.54, 1.807) is 0 Å². The van der Waals surface area contributed by atoms with E-state index in [0.717, 1.165) is 36.2 Å². The zero-order valence-corrected chi connectivity index (χ0v) is 20.6. The van der Waals surface area contributed by atoms with Crippen LogP contribution in [0.3, 0.4) is 0 Å². The summed E-state index contributed by atoms with van der Waals surface area (Å²) in [5.41, 5.74) is 3.09. The maximum atomic E-state index is 13.6. The number of hydrogen-bond acceptors (Lipinski definition) is 2. The van der Waals surface area contributed by atoms with Crippen LogP contribution in [-0.2, 0) is 6.54 Å². The average Bonchev–Trinajstić information content (AvgIpc) is 2.69. The van der Waals surface area contributed by atoms with Crippen LogP contribution in [0.4, 0.5) is 4.79 Å². The molecule has 1 fully saturated rings. The Hall–Kier alpha value is -1.75. The molecule has 4 nitrogen and oxygen atoms in total. The lowest BCUT2D eigenvalue weighted by Crippen LogP contribution is -2.58. The normalized spacial score (nSPS) is 19.6. The van der Waals surface area contributed by atoms with Crippen molar-refractivity contribution in [3.63, 3.8) is 0 Å². The van der Waals surface area contributed by atoms with E-state index in [-0.39, 0.29) is 23.5 Å². The number of carbonyl (C=O) groups excluding carboxylic acids is 1. The van der Waals surface area contributed by atoms with Gasteiger partial charge < -0.3 is 15.1 Å². The van der Waals surface area contributed by atoms with Crippen LogP contribution >= 0.6 is 23.2 Å². The fourth-order valence-corrected chi connectivity index (χ4v) is 5.05. The van der Waals surface area contributed by atoms with Gasteiger partial charge >= 0.3 is 6.03 Å². The van der Waals surface area contributed by atoms with Crippen molar-refractivity contribution in [2.45, 2.75) is 52.7 Å². The smallest absolute Gasteiger partial charge is 0.318 e. The first kappa shape index (κ1) is 23.9. The molecule has 0 radical (unpaired) electrons. The molecule has 0 aliphatic carbocycles. The number of carbonyl (C=O) groups is 1. The molecule has 0 saturated carbocycles. The number of amides is 2. The summed E-state index contributed by atoms with van der Waals surface area (Å²) in [6.45, 7) is 11.0. The molecule has 1 aliphatic rings. The fraction of sp³-hybridized carbons (Fsp3) is 0.480. The topological polar surface area (TPSA) is 35.6 Å². The van der Waals surface area contributed by atoms with Crippen LogP contribution in [0.25, 0.3) is 0 Å². The van der Waals surface area contributed by atoms with E-state index in [4.69, 9.17) is 23.2 Å². The Kier molecular flexibility index (Phi) is 7.56. The SMILES string of the molecule is Cc1c(Cl)cccc1C(C)NC(=O)N(Cc1ccc(Cl)cc1)C1CCN(C)CC1(C)C. The highest BCUT2D eigenvalue weighted by molar-refractivity contribution is 6.31. The van der Waals surface area contributed by atoms with Crippen molar-refractivity contribution >= 4 is 29.2 Å². The molecule has 0 aromatic heterocycles. The van der Waals surface area contributed by atoms with Gasteiger partial charge in [0.25, 0.3) is 0 Å². The summed E-state index contributed by atoms with van der Waals surface area (Å²) in [5, 5.41) is 4.65. The molecule has 1 heterocycles. The monoisotopic (exact) mass is 461 g/mol. The van der Waals surface area contributed by atoms with Gasteiger partial charge in [-0.05, 0) is 74.2 Å². The highest BCUT2D eigenvalue weighted by Gasteiger charge is 2.40. The van der Waals surface area contributed by atoms with Gasteiger partial charge in [-0.3, -0.25) is 0 Å². The zero-order chi connectivity index (χ0) is 22.8. The van der Waals surface area contributed by atoms with Gasteiger partial charge in [0.15, 0.2) is 0 Å². The van der Waals surface area contributed by atoms with E-state index in [0.29, 0.717) is 16.6 Å². The highest BCUT2D eigenvalue weighted by atomic mass is 35.5. The van der Waals surface area contributed by atoms with Crippen LogP contribution in [0.1, 0.15) is 49.9 Å². The Balaban J connectivity index is 1.86. The van der Waals surface area contributed by atoms with Crippen molar-refractivity contribution < 1.29 is 4.79 Å². The van der Waals surface area contributed by atoms with Crippen molar-refractivity contribution in [2.24, 2.45) is 5.41 Å². The number of urea groups is 1. The molecule has 2 aromatic rings. The number of nitrogens with one attached hydrogen (secondary N) is 1. The second-order valence-electron chi connectivity index (χ2n) is 9.41. The van der Waals surface area contributed by atoms with E-state index in [1.165, 1.54) is 0 Å². The molecule has 2 atom stereocenters. The number of rotatable bonds is 5. The summed E-state index contributed by atoms with van der Waals surface area (Å²) in [6, 6.07) is 13.5. The first-order valence-electron chi connectivity index (χ1n) is 10.8. The van der Waals surface area contributed by atoms with Gasteiger partial charge in [-0.15, -0.1) is 0 Å². The maximum absolute atomic E-state index is 13.6. The van der Waals surface area contributed by atoms with Crippen molar-refractivity contribution in [1.29, 1.82) is 0 Å². The molecule has 0 spiro atoms.